The Kier molecular flexibility index (Phi) is 10.8. The number of carboxylic acids is 1. The summed E-state index contributed by atoms with van der Waals surface area (Å²) >= 11 is 0. The minimum absolute atomic E-state index is 0.0567. The lowest BCUT2D eigenvalue weighted by Gasteiger charge is -2.18. The molecule has 0 aliphatic heterocycles. The highest BCUT2D eigenvalue weighted by Crippen LogP contribution is 2.20. The highest BCUT2D eigenvalue weighted by atomic mass is 32.2. The van der Waals surface area contributed by atoms with Gasteiger partial charge in [-0.25, -0.2) is 8.42 Å². The van der Waals surface area contributed by atoms with E-state index >= 15 is 0 Å². The molecule has 0 radical (unpaired) electrons. The molecule has 1 atom stereocenters. The molecule has 0 spiro atoms. The predicted molar refractivity (Wildman–Crippen MR) is 110 cm³/mol. The first-order valence-electron chi connectivity index (χ1n) is 9.63. The molecular weight excluding hydrogens is 378 g/mol. The van der Waals surface area contributed by atoms with Crippen molar-refractivity contribution in [1.82, 2.24) is 4.31 Å². The van der Waals surface area contributed by atoms with Crippen LogP contribution in [0.25, 0.3) is 0 Å². The smallest absolute Gasteiger partial charge is 0.303 e. The zero-order chi connectivity index (χ0) is 21.0. The van der Waals surface area contributed by atoms with Gasteiger partial charge in [0.1, 0.15) is 0 Å². The molecule has 0 saturated carbocycles. The number of hydrogen-bond donors (Lipinski definition) is 2. The first-order valence-corrected chi connectivity index (χ1v) is 11.5. The second-order valence-corrected chi connectivity index (χ2v) is 8.87. The van der Waals surface area contributed by atoms with E-state index in [-0.39, 0.29) is 19.5 Å². The average Bonchev–Trinajstić information content (AvgIpc) is 2.63. The normalized spacial score (nSPS) is 12.4. The number of aliphatic carboxylic acids is 1. The Balaban J connectivity index is 2.64. The summed E-state index contributed by atoms with van der Waals surface area (Å²) in [6.07, 6.45) is 5.48. The minimum Gasteiger partial charge on any atom is -0.481 e. The van der Waals surface area contributed by atoms with E-state index in [2.05, 4.69) is 18.8 Å². The van der Waals surface area contributed by atoms with Gasteiger partial charge in [-0.15, -0.1) is 5.92 Å². The fourth-order valence-electron chi connectivity index (χ4n) is 2.65. The van der Waals surface area contributed by atoms with Gasteiger partial charge in [-0.3, -0.25) is 4.79 Å². The summed E-state index contributed by atoms with van der Waals surface area (Å²) in [6, 6.07) is 7.33. The van der Waals surface area contributed by atoms with Crippen molar-refractivity contribution in [2.45, 2.75) is 64.5 Å². The third-order valence-electron chi connectivity index (χ3n) is 4.35. The fraction of sp³-hybridized carbons (Fsp3) is 0.571. The highest BCUT2D eigenvalue weighted by molar-refractivity contribution is 7.88. The largest absolute Gasteiger partial charge is 0.481 e. The lowest BCUT2D eigenvalue weighted by Crippen LogP contribution is -2.29. The Bertz CT molecular complexity index is 762. The SMILES string of the molecule is CCCCCC(O)c1ccc(CN(CC#CCCCC(=O)O)S(C)(=O)=O)cc1. The number of aliphatic hydroxyl groups excluding tert-OH is 1. The summed E-state index contributed by atoms with van der Waals surface area (Å²) in [4.78, 5) is 10.5. The van der Waals surface area contributed by atoms with Crippen molar-refractivity contribution in [3.8, 4) is 11.8 Å². The standard InChI is InChI=1S/C21H31NO5S/c1-3-4-7-10-20(23)19-14-12-18(13-15-19)17-22(28(2,26)27)16-9-6-5-8-11-21(24)25/h12-15,20,23H,3-5,7-8,10-11,16-17H2,1-2H3,(H,24,25). The first kappa shape index (κ1) is 24.2. The van der Waals surface area contributed by atoms with E-state index in [1.165, 1.54) is 4.31 Å². The van der Waals surface area contributed by atoms with Crippen LogP contribution in [0.2, 0.25) is 0 Å². The summed E-state index contributed by atoms with van der Waals surface area (Å²) in [5.41, 5.74) is 1.66. The van der Waals surface area contributed by atoms with Gasteiger partial charge in [0.15, 0.2) is 0 Å². The third kappa shape index (κ3) is 9.88. The number of carbonyl (C=O) groups is 1. The molecule has 2 N–H and O–H groups in total. The zero-order valence-electron chi connectivity index (χ0n) is 16.7. The van der Waals surface area contributed by atoms with E-state index < -0.39 is 22.1 Å². The molecule has 0 bridgehead atoms. The Morgan fingerprint density at radius 1 is 1.14 bits per heavy atom. The number of rotatable bonds is 12. The second-order valence-electron chi connectivity index (χ2n) is 6.89. The number of hydrogen-bond acceptors (Lipinski definition) is 4. The van der Waals surface area contributed by atoms with Crippen LogP contribution >= 0.6 is 0 Å². The van der Waals surface area contributed by atoms with Crippen LogP contribution in [0.3, 0.4) is 0 Å². The summed E-state index contributed by atoms with van der Waals surface area (Å²) < 4.78 is 25.3. The maximum absolute atomic E-state index is 12.0. The van der Waals surface area contributed by atoms with Crippen molar-refractivity contribution in [2.75, 3.05) is 12.8 Å². The summed E-state index contributed by atoms with van der Waals surface area (Å²) in [5, 5.41) is 18.8. The number of sulfonamides is 1. The fourth-order valence-corrected chi connectivity index (χ4v) is 3.34. The maximum Gasteiger partial charge on any atom is 0.303 e. The lowest BCUT2D eigenvalue weighted by atomic mass is 10.0. The van der Waals surface area contributed by atoms with E-state index in [4.69, 9.17) is 5.11 Å². The van der Waals surface area contributed by atoms with Crippen LogP contribution in [0.5, 0.6) is 0 Å². The molecule has 0 heterocycles. The summed E-state index contributed by atoms with van der Waals surface area (Å²) in [5.74, 6) is 4.77. The van der Waals surface area contributed by atoms with Crippen molar-refractivity contribution in [3.63, 3.8) is 0 Å². The molecule has 28 heavy (non-hydrogen) atoms. The molecule has 1 rings (SSSR count). The van der Waals surface area contributed by atoms with Gasteiger partial charge >= 0.3 is 5.97 Å². The number of unbranched alkanes of at least 4 members (excludes halogenated alkanes) is 3. The average molecular weight is 410 g/mol. The van der Waals surface area contributed by atoms with Gasteiger partial charge in [0.2, 0.25) is 10.0 Å². The van der Waals surface area contributed by atoms with E-state index in [1.54, 1.807) is 0 Å². The van der Waals surface area contributed by atoms with E-state index in [0.29, 0.717) is 12.8 Å². The van der Waals surface area contributed by atoms with Gasteiger partial charge in [0.25, 0.3) is 0 Å². The topological polar surface area (TPSA) is 94.9 Å². The van der Waals surface area contributed by atoms with Gasteiger partial charge in [0.05, 0.1) is 18.9 Å². The van der Waals surface area contributed by atoms with E-state index in [0.717, 1.165) is 43.1 Å². The van der Waals surface area contributed by atoms with Crippen LogP contribution in [0.4, 0.5) is 0 Å². The number of benzene rings is 1. The van der Waals surface area contributed by atoms with Crippen LogP contribution in [0.1, 0.15) is 69.1 Å². The molecule has 0 aliphatic carbocycles. The van der Waals surface area contributed by atoms with Crippen molar-refractivity contribution in [2.24, 2.45) is 0 Å². The van der Waals surface area contributed by atoms with Crippen molar-refractivity contribution < 1.29 is 23.4 Å². The molecule has 0 aliphatic rings. The molecule has 1 aromatic rings. The molecule has 0 saturated heterocycles. The van der Waals surface area contributed by atoms with Crippen LogP contribution < -0.4 is 0 Å². The molecule has 0 fully saturated rings. The van der Waals surface area contributed by atoms with Crippen LogP contribution in [-0.4, -0.2) is 41.7 Å². The Hall–Kier alpha value is -1.88. The Morgan fingerprint density at radius 3 is 2.39 bits per heavy atom. The molecule has 156 valence electrons. The monoisotopic (exact) mass is 409 g/mol. The molecule has 7 heteroatoms. The van der Waals surface area contributed by atoms with Crippen LogP contribution in [0.15, 0.2) is 24.3 Å². The maximum atomic E-state index is 12.0. The van der Waals surface area contributed by atoms with Gasteiger partial charge in [-0.2, -0.15) is 4.31 Å². The van der Waals surface area contributed by atoms with Crippen LogP contribution in [0, 0.1) is 11.8 Å². The number of carboxylic acid groups (broad SMARTS) is 1. The molecule has 0 amide bonds. The minimum atomic E-state index is -3.42. The Labute approximate surface area is 168 Å². The van der Waals surface area contributed by atoms with Gasteiger partial charge < -0.3 is 10.2 Å². The summed E-state index contributed by atoms with van der Waals surface area (Å²) in [7, 11) is -3.42. The van der Waals surface area contributed by atoms with E-state index in [9.17, 15) is 18.3 Å². The summed E-state index contributed by atoms with van der Waals surface area (Å²) in [6.45, 7) is 2.39. The highest BCUT2D eigenvalue weighted by Gasteiger charge is 2.16. The molecule has 1 unspecified atom stereocenters. The van der Waals surface area contributed by atoms with E-state index in [1.807, 2.05) is 24.3 Å². The van der Waals surface area contributed by atoms with Gasteiger partial charge in [-0.05, 0) is 24.0 Å². The zero-order valence-corrected chi connectivity index (χ0v) is 17.5. The molecule has 0 aromatic heterocycles. The molecule has 6 nitrogen and oxygen atoms in total. The second kappa shape index (κ2) is 12.6. The van der Waals surface area contributed by atoms with Crippen molar-refractivity contribution in [1.29, 1.82) is 0 Å². The van der Waals surface area contributed by atoms with Crippen molar-refractivity contribution >= 4 is 16.0 Å². The number of nitrogens with zero attached hydrogens (tertiary/aromatic N) is 1. The van der Waals surface area contributed by atoms with Gasteiger partial charge in [-0.1, -0.05) is 56.4 Å². The predicted octanol–water partition coefficient (Wildman–Crippen LogP) is 3.32. The van der Waals surface area contributed by atoms with Crippen LogP contribution in [-0.2, 0) is 21.4 Å². The Morgan fingerprint density at radius 2 is 1.82 bits per heavy atom. The first-order chi connectivity index (χ1) is 13.2. The lowest BCUT2D eigenvalue weighted by molar-refractivity contribution is -0.137. The molecule has 1 aromatic carbocycles. The third-order valence-corrected chi connectivity index (χ3v) is 5.54. The number of aliphatic hydroxyl groups is 1. The van der Waals surface area contributed by atoms with Crippen molar-refractivity contribution in [3.05, 3.63) is 35.4 Å². The molecular formula is C21H31NO5S. The quantitative estimate of drug-likeness (QED) is 0.408. The van der Waals surface area contributed by atoms with Gasteiger partial charge in [0, 0.05) is 19.4 Å².